The lowest BCUT2D eigenvalue weighted by molar-refractivity contribution is -0.119. The largest absolute Gasteiger partial charge is 0.357 e. The van der Waals surface area contributed by atoms with Crippen LogP contribution in [0.25, 0.3) is 0 Å². The molecular formula is C16H26ClIN4O. The molecule has 1 amide bonds. The number of hydrogen-bond donors (Lipinski definition) is 3. The van der Waals surface area contributed by atoms with Crippen molar-refractivity contribution < 1.29 is 4.79 Å². The number of hydrogen-bond acceptors (Lipinski definition) is 2. The Labute approximate surface area is 160 Å². The molecule has 3 N–H and O–H groups in total. The molecule has 23 heavy (non-hydrogen) atoms. The minimum Gasteiger partial charge on any atom is -0.357 e. The summed E-state index contributed by atoms with van der Waals surface area (Å²) < 4.78 is 0. The minimum absolute atomic E-state index is 0. The molecule has 0 aromatic heterocycles. The quantitative estimate of drug-likeness (QED) is 0.323. The second-order valence-corrected chi connectivity index (χ2v) is 5.22. The zero-order chi connectivity index (χ0) is 16.2. The lowest BCUT2D eigenvalue weighted by Crippen LogP contribution is -2.39. The lowest BCUT2D eigenvalue weighted by Gasteiger charge is -2.11. The summed E-state index contributed by atoms with van der Waals surface area (Å²) in [4.78, 5) is 15.8. The van der Waals surface area contributed by atoms with E-state index in [9.17, 15) is 4.79 Å². The molecule has 0 aliphatic rings. The molecule has 0 aliphatic carbocycles. The third-order valence-electron chi connectivity index (χ3n) is 2.94. The fourth-order valence-electron chi connectivity index (χ4n) is 1.83. The third-order valence-corrected chi connectivity index (χ3v) is 3.31. The van der Waals surface area contributed by atoms with Crippen molar-refractivity contribution in [2.45, 2.75) is 26.7 Å². The van der Waals surface area contributed by atoms with Crippen LogP contribution in [0.5, 0.6) is 0 Å². The monoisotopic (exact) mass is 452 g/mol. The van der Waals surface area contributed by atoms with Gasteiger partial charge in [-0.05, 0) is 31.4 Å². The van der Waals surface area contributed by atoms with E-state index in [1.54, 1.807) is 0 Å². The summed E-state index contributed by atoms with van der Waals surface area (Å²) in [6.07, 6.45) is 1.72. The van der Waals surface area contributed by atoms with Crippen LogP contribution in [0.3, 0.4) is 0 Å². The second-order valence-electron chi connectivity index (χ2n) is 4.81. The molecule has 0 heterocycles. The van der Waals surface area contributed by atoms with Crippen molar-refractivity contribution in [3.8, 4) is 0 Å². The summed E-state index contributed by atoms with van der Waals surface area (Å²) in [6, 6.07) is 7.78. The summed E-state index contributed by atoms with van der Waals surface area (Å²) in [6.45, 7) is 6.26. The van der Waals surface area contributed by atoms with Crippen molar-refractivity contribution in [1.29, 1.82) is 0 Å². The first-order chi connectivity index (χ1) is 10.7. The molecular weight excluding hydrogens is 427 g/mol. The minimum atomic E-state index is -0.0647. The summed E-state index contributed by atoms with van der Waals surface area (Å²) in [5.74, 6) is 0.575. The van der Waals surface area contributed by atoms with E-state index in [1.807, 2.05) is 38.1 Å². The third kappa shape index (κ3) is 9.65. The van der Waals surface area contributed by atoms with E-state index in [0.29, 0.717) is 19.0 Å². The highest BCUT2D eigenvalue weighted by Gasteiger charge is 2.02. The van der Waals surface area contributed by atoms with E-state index in [-0.39, 0.29) is 36.4 Å². The van der Waals surface area contributed by atoms with E-state index < -0.39 is 0 Å². The molecule has 1 aromatic rings. The zero-order valence-corrected chi connectivity index (χ0v) is 16.8. The number of halogens is 2. The van der Waals surface area contributed by atoms with Gasteiger partial charge < -0.3 is 16.0 Å². The van der Waals surface area contributed by atoms with Gasteiger partial charge in [0.05, 0.1) is 0 Å². The molecule has 7 heteroatoms. The number of amides is 1. The molecule has 0 unspecified atom stereocenters. The van der Waals surface area contributed by atoms with Gasteiger partial charge in [-0.15, -0.1) is 24.0 Å². The topological polar surface area (TPSA) is 65.5 Å². The van der Waals surface area contributed by atoms with Crippen molar-refractivity contribution in [2.24, 2.45) is 4.99 Å². The Bertz CT molecular complexity index is 497. The Morgan fingerprint density at radius 2 is 1.87 bits per heavy atom. The van der Waals surface area contributed by atoms with E-state index in [1.165, 1.54) is 0 Å². The van der Waals surface area contributed by atoms with Crippen LogP contribution in [-0.4, -0.2) is 38.0 Å². The van der Waals surface area contributed by atoms with Crippen LogP contribution in [-0.2, 0) is 11.2 Å². The molecule has 1 aromatic carbocycles. The predicted molar refractivity (Wildman–Crippen MR) is 108 cm³/mol. The average Bonchev–Trinajstić information content (AvgIpc) is 2.52. The maximum Gasteiger partial charge on any atom is 0.241 e. The van der Waals surface area contributed by atoms with Gasteiger partial charge in [0, 0.05) is 24.7 Å². The summed E-state index contributed by atoms with van der Waals surface area (Å²) in [7, 11) is 0. The highest BCUT2D eigenvalue weighted by molar-refractivity contribution is 14.0. The van der Waals surface area contributed by atoms with Crippen LogP contribution in [0.4, 0.5) is 0 Å². The Hall–Kier alpha value is -1.02. The fraction of sp³-hybridized carbons (Fsp3) is 0.500. The van der Waals surface area contributed by atoms with Gasteiger partial charge in [0.25, 0.3) is 0 Å². The zero-order valence-electron chi connectivity index (χ0n) is 13.7. The summed E-state index contributed by atoms with van der Waals surface area (Å²) in [5, 5.41) is 9.90. The van der Waals surface area contributed by atoms with Gasteiger partial charge in [-0.1, -0.05) is 36.7 Å². The highest BCUT2D eigenvalue weighted by Crippen LogP contribution is 2.14. The maximum absolute atomic E-state index is 11.6. The van der Waals surface area contributed by atoms with Gasteiger partial charge >= 0.3 is 0 Å². The molecule has 5 nitrogen and oxygen atoms in total. The molecule has 130 valence electrons. The normalized spacial score (nSPS) is 10.7. The number of carbonyl (C=O) groups is 1. The molecule has 0 atom stereocenters. The van der Waals surface area contributed by atoms with E-state index in [4.69, 9.17) is 11.6 Å². The average molecular weight is 453 g/mol. The number of guanidine groups is 1. The molecule has 0 fully saturated rings. The molecule has 0 aliphatic heterocycles. The van der Waals surface area contributed by atoms with Crippen molar-refractivity contribution in [3.05, 3.63) is 34.9 Å². The highest BCUT2D eigenvalue weighted by atomic mass is 127. The summed E-state index contributed by atoms with van der Waals surface area (Å²) in [5.41, 5.74) is 1.09. The Balaban J connectivity index is 0.00000484. The number of nitrogens with one attached hydrogen (secondary N) is 3. The second kappa shape index (κ2) is 13.4. The standard InChI is InChI=1S/C16H25ClN4O.HI/c1-3-10-19-15(22)12-21-16(18-4-2)20-11-9-13-7-5-6-8-14(13)17;/h5-8H,3-4,9-12H2,1-2H3,(H,19,22)(H2,18,20,21);1H. The van der Waals surface area contributed by atoms with Crippen molar-refractivity contribution in [2.75, 3.05) is 26.2 Å². The van der Waals surface area contributed by atoms with Crippen LogP contribution in [0.2, 0.25) is 5.02 Å². The molecule has 0 saturated carbocycles. The predicted octanol–water partition coefficient (Wildman–Crippen LogP) is 2.58. The van der Waals surface area contributed by atoms with Crippen molar-refractivity contribution >= 4 is 47.4 Å². The van der Waals surface area contributed by atoms with Gasteiger partial charge in [-0.25, -0.2) is 4.99 Å². The number of aliphatic imine (C=N–C) groups is 1. The lowest BCUT2D eigenvalue weighted by atomic mass is 10.1. The van der Waals surface area contributed by atoms with Crippen LogP contribution in [0.1, 0.15) is 25.8 Å². The van der Waals surface area contributed by atoms with Gasteiger partial charge in [0.1, 0.15) is 6.54 Å². The Morgan fingerprint density at radius 3 is 2.52 bits per heavy atom. The van der Waals surface area contributed by atoms with Gasteiger partial charge in [0.15, 0.2) is 5.96 Å². The molecule has 0 spiro atoms. The smallest absolute Gasteiger partial charge is 0.241 e. The van der Waals surface area contributed by atoms with Gasteiger partial charge in [-0.3, -0.25) is 4.79 Å². The van der Waals surface area contributed by atoms with Crippen molar-refractivity contribution in [1.82, 2.24) is 16.0 Å². The molecule has 1 rings (SSSR count). The number of benzene rings is 1. The van der Waals surface area contributed by atoms with Crippen LogP contribution in [0.15, 0.2) is 29.3 Å². The summed E-state index contributed by atoms with van der Waals surface area (Å²) >= 11 is 6.13. The first-order valence-corrected chi connectivity index (χ1v) is 8.07. The van der Waals surface area contributed by atoms with Crippen LogP contribution < -0.4 is 16.0 Å². The number of carbonyl (C=O) groups excluding carboxylic acids is 1. The van der Waals surface area contributed by atoms with E-state index >= 15 is 0 Å². The van der Waals surface area contributed by atoms with Crippen LogP contribution >= 0.6 is 35.6 Å². The number of nitrogens with zero attached hydrogens (tertiary/aromatic N) is 1. The van der Waals surface area contributed by atoms with E-state index in [0.717, 1.165) is 30.0 Å². The van der Waals surface area contributed by atoms with Crippen molar-refractivity contribution in [3.63, 3.8) is 0 Å². The van der Waals surface area contributed by atoms with Gasteiger partial charge in [0.2, 0.25) is 5.91 Å². The SMILES string of the molecule is CCCNC(=O)CN=C(NCC)NCCc1ccccc1Cl.I. The molecule has 0 saturated heterocycles. The Morgan fingerprint density at radius 1 is 1.13 bits per heavy atom. The fourth-order valence-corrected chi connectivity index (χ4v) is 2.06. The first kappa shape index (κ1) is 22.0. The Kier molecular flexibility index (Phi) is 12.8. The number of rotatable bonds is 8. The van der Waals surface area contributed by atoms with Gasteiger partial charge in [-0.2, -0.15) is 0 Å². The van der Waals surface area contributed by atoms with Crippen LogP contribution in [0, 0.1) is 0 Å². The molecule has 0 radical (unpaired) electrons. The van der Waals surface area contributed by atoms with E-state index in [2.05, 4.69) is 20.9 Å². The maximum atomic E-state index is 11.6. The molecule has 0 bridgehead atoms. The first-order valence-electron chi connectivity index (χ1n) is 7.69.